The first-order chi connectivity index (χ1) is 14.5. The molecule has 0 aromatic heterocycles. The molecule has 0 saturated carbocycles. The Bertz CT molecular complexity index is 1050. The molecule has 31 heavy (non-hydrogen) atoms. The number of carbonyl (C=O) groups excluding carboxylic acids is 2. The number of hydrogen-bond donors (Lipinski definition) is 0. The summed E-state index contributed by atoms with van der Waals surface area (Å²) in [6.07, 6.45) is 0. The fourth-order valence-electron chi connectivity index (χ4n) is 3.04. The summed E-state index contributed by atoms with van der Waals surface area (Å²) >= 11 is 0. The Hall–Kier alpha value is -2.71. The predicted molar refractivity (Wildman–Crippen MR) is 121 cm³/mol. The van der Waals surface area contributed by atoms with E-state index in [0.717, 1.165) is 21.0 Å². The first-order valence-corrected chi connectivity index (χ1v) is 11.5. The van der Waals surface area contributed by atoms with Gasteiger partial charge in [0, 0.05) is 39.8 Å². The lowest BCUT2D eigenvalue weighted by atomic mass is 10.1. The highest BCUT2D eigenvalue weighted by Crippen LogP contribution is 2.18. The van der Waals surface area contributed by atoms with Gasteiger partial charge in [0.2, 0.25) is 15.9 Å². The topological polar surface area (TPSA) is 78.0 Å². The Kier molecular flexibility index (Phi) is 7.97. The fourth-order valence-corrected chi connectivity index (χ4v) is 4.24. The Morgan fingerprint density at radius 2 is 1.52 bits per heavy atom. The highest BCUT2D eigenvalue weighted by Gasteiger charge is 2.25. The molecular formula is C23H31N3O4S. The van der Waals surface area contributed by atoms with Crippen LogP contribution in [-0.4, -0.2) is 68.6 Å². The van der Waals surface area contributed by atoms with Crippen molar-refractivity contribution in [2.75, 3.05) is 34.2 Å². The minimum atomic E-state index is -3.77. The van der Waals surface area contributed by atoms with Gasteiger partial charge < -0.3 is 9.80 Å². The van der Waals surface area contributed by atoms with Crippen LogP contribution in [0.4, 0.5) is 0 Å². The molecule has 0 fully saturated rings. The summed E-state index contributed by atoms with van der Waals surface area (Å²) in [7, 11) is 1.03. The van der Waals surface area contributed by atoms with Crippen LogP contribution in [0.15, 0.2) is 47.4 Å². The van der Waals surface area contributed by atoms with Gasteiger partial charge in [-0.15, -0.1) is 0 Å². The zero-order chi connectivity index (χ0) is 23.3. The van der Waals surface area contributed by atoms with Crippen LogP contribution in [0, 0.1) is 13.8 Å². The molecule has 7 nitrogen and oxygen atoms in total. The maximum atomic E-state index is 12.9. The van der Waals surface area contributed by atoms with Crippen molar-refractivity contribution in [3.8, 4) is 0 Å². The fraction of sp³-hybridized carbons (Fsp3) is 0.391. The van der Waals surface area contributed by atoms with Gasteiger partial charge in [-0.3, -0.25) is 9.59 Å². The van der Waals surface area contributed by atoms with Gasteiger partial charge >= 0.3 is 0 Å². The standard InChI is InChI=1S/C23H31N3O4S/c1-7-26(15-19-9-11-20(12-10-19)23(28)24(4)5)22(27)16-25(6)31(29,30)21-13-8-17(2)18(3)14-21/h8-14H,7,15-16H2,1-6H3. The summed E-state index contributed by atoms with van der Waals surface area (Å²) in [6, 6.07) is 12.0. The summed E-state index contributed by atoms with van der Waals surface area (Å²) in [4.78, 5) is 28.1. The van der Waals surface area contributed by atoms with Crippen molar-refractivity contribution < 1.29 is 18.0 Å². The number of likely N-dealkylation sites (N-methyl/N-ethyl adjacent to an activating group) is 2. The molecule has 0 atom stereocenters. The van der Waals surface area contributed by atoms with Crippen LogP contribution >= 0.6 is 0 Å². The number of nitrogens with zero attached hydrogens (tertiary/aromatic N) is 3. The number of amides is 2. The minimum Gasteiger partial charge on any atom is -0.345 e. The zero-order valence-corrected chi connectivity index (χ0v) is 19.9. The van der Waals surface area contributed by atoms with E-state index in [0.29, 0.717) is 18.7 Å². The van der Waals surface area contributed by atoms with Crippen molar-refractivity contribution in [3.63, 3.8) is 0 Å². The van der Waals surface area contributed by atoms with Crippen LogP contribution in [0.1, 0.15) is 34.0 Å². The minimum absolute atomic E-state index is 0.0897. The highest BCUT2D eigenvalue weighted by molar-refractivity contribution is 7.89. The van der Waals surface area contributed by atoms with Crippen molar-refractivity contribution in [2.45, 2.75) is 32.2 Å². The van der Waals surface area contributed by atoms with E-state index >= 15 is 0 Å². The van der Waals surface area contributed by atoms with Gasteiger partial charge in [-0.2, -0.15) is 4.31 Å². The lowest BCUT2D eigenvalue weighted by Crippen LogP contribution is -2.40. The molecule has 2 aromatic rings. The van der Waals surface area contributed by atoms with Crippen molar-refractivity contribution in [2.24, 2.45) is 0 Å². The van der Waals surface area contributed by atoms with Gasteiger partial charge in [0.1, 0.15) is 0 Å². The molecule has 0 aliphatic heterocycles. The molecule has 2 aromatic carbocycles. The maximum absolute atomic E-state index is 12.9. The highest BCUT2D eigenvalue weighted by atomic mass is 32.2. The molecule has 0 saturated heterocycles. The van der Waals surface area contributed by atoms with Crippen molar-refractivity contribution in [3.05, 3.63) is 64.7 Å². The second-order valence-corrected chi connectivity index (χ2v) is 9.86. The van der Waals surface area contributed by atoms with Crippen LogP contribution in [0.3, 0.4) is 0 Å². The average molecular weight is 446 g/mol. The summed E-state index contributed by atoms with van der Waals surface area (Å²) in [5.41, 5.74) is 3.33. The third-order valence-electron chi connectivity index (χ3n) is 5.26. The molecule has 0 heterocycles. The van der Waals surface area contributed by atoms with Crippen LogP contribution < -0.4 is 0 Å². The Morgan fingerprint density at radius 3 is 2.03 bits per heavy atom. The quantitative estimate of drug-likeness (QED) is 0.626. The van der Waals surface area contributed by atoms with Gasteiger partial charge in [0.25, 0.3) is 5.91 Å². The second kappa shape index (κ2) is 10.1. The van der Waals surface area contributed by atoms with E-state index in [1.165, 1.54) is 11.9 Å². The average Bonchev–Trinajstić information content (AvgIpc) is 2.73. The van der Waals surface area contributed by atoms with Gasteiger partial charge in [0.15, 0.2) is 0 Å². The Labute approximate surface area is 185 Å². The molecule has 2 rings (SSSR count). The van der Waals surface area contributed by atoms with E-state index in [1.807, 2.05) is 32.9 Å². The van der Waals surface area contributed by atoms with Gasteiger partial charge in [-0.1, -0.05) is 18.2 Å². The monoisotopic (exact) mass is 445 g/mol. The summed E-state index contributed by atoms with van der Waals surface area (Å²) in [6.45, 7) is 6.15. The van der Waals surface area contributed by atoms with Crippen molar-refractivity contribution in [1.82, 2.24) is 14.1 Å². The zero-order valence-electron chi connectivity index (χ0n) is 19.0. The molecule has 0 aliphatic carbocycles. The summed E-state index contributed by atoms with van der Waals surface area (Å²) in [5, 5.41) is 0. The second-order valence-electron chi connectivity index (χ2n) is 7.81. The molecular weight excluding hydrogens is 414 g/mol. The largest absolute Gasteiger partial charge is 0.345 e. The van der Waals surface area contributed by atoms with E-state index in [2.05, 4.69) is 0 Å². The summed E-state index contributed by atoms with van der Waals surface area (Å²) in [5.74, 6) is -0.376. The lowest BCUT2D eigenvalue weighted by molar-refractivity contribution is -0.131. The third-order valence-corrected chi connectivity index (χ3v) is 7.06. The van der Waals surface area contributed by atoms with Gasteiger partial charge in [-0.25, -0.2) is 8.42 Å². The molecule has 168 valence electrons. The molecule has 2 amide bonds. The van der Waals surface area contributed by atoms with E-state index in [-0.39, 0.29) is 23.3 Å². The number of sulfonamides is 1. The Morgan fingerprint density at radius 1 is 0.903 bits per heavy atom. The normalized spacial score (nSPS) is 11.5. The molecule has 0 unspecified atom stereocenters. The van der Waals surface area contributed by atoms with Gasteiger partial charge in [0.05, 0.1) is 11.4 Å². The lowest BCUT2D eigenvalue weighted by Gasteiger charge is -2.24. The SMILES string of the molecule is CCN(Cc1ccc(C(=O)N(C)C)cc1)C(=O)CN(C)S(=O)(=O)c1ccc(C)c(C)c1. The van der Waals surface area contributed by atoms with E-state index in [4.69, 9.17) is 0 Å². The molecule has 0 radical (unpaired) electrons. The van der Waals surface area contributed by atoms with Crippen molar-refractivity contribution >= 4 is 21.8 Å². The van der Waals surface area contributed by atoms with Crippen molar-refractivity contribution in [1.29, 1.82) is 0 Å². The van der Waals surface area contributed by atoms with E-state index in [9.17, 15) is 18.0 Å². The first-order valence-electron chi connectivity index (χ1n) is 10.1. The number of rotatable bonds is 8. The molecule has 0 spiro atoms. The molecule has 0 bridgehead atoms. The number of hydrogen-bond acceptors (Lipinski definition) is 4. The first kappa shape index (κ1) is 24.6. The number of benzene rings is 2. The molecule has 0 aliphatic rings. The number of aryl methyl sites for hydroxylation is 2. The van der Waals surface area contributed by atoms with E-state index < -0.39 is 10.0 Å². The number of carbonyl (C=O) groups is 2. The predicted octanol–water partition coefficient (Wildman–Crippen LogP) is 2.67. The summed E-state index contributed by atoms with van der Waals surface area (Å²) < 4.78 is 26.8. The molecule has 8 heteroatoms. The Balaban J connectivity index is 2.09. The van der Waals surface area contributed by atoms with E-state index in [1.54, 1.807) is 49.3 Å². The van der Waals surface area contributed by atoms with Crippen LogP contribution in [-0.2, 0) is 21.4 Å². The molecule has 0 N–H and O–H groups in total. The third kappa shape index (κ3) is 5.92. The van der Waals surface area contributed by atoms with Gasteiger partial charge in [-0.05, 0) is 61.7 Å². The van der Waals surface area contributed by atoms with Crippen LogP contribution in [0.25, 0.3) is 0 Å². The smallest absolute Gasteiger partial charge is 0.253 e. The van der Waals surface area contributed by atoms with Crippen LogP contribution in [0.5, 0.6) is 0 Å². The maximum Gasteiger partial charge on any atom is 0.253 e. The van der Waals surface area contributed by atoms with Crippen LogP contribution in [0.2, 0.25) is 0 Å².